The van der Waals surface area contributed by atoms with Crippen molar-refractivity contribution in [2.75, 3.05) is 13.6 Å². The zero-order chi connectivity index (χ0) is 15.2. The van der Waals surface area contributed by atoms with E-state index in [1.807, 2.05) is 18.2 Å². The largest absolute Gasteiger partial charge is 0.324 e. The molecule has 0 aliphatic heterocycles. The van der Waals surface area contributed by atoms with Crippen LogP contribution in [0.4, 0.5) is 4.39 Å². The molecule has 21 heavy (non-hydrogen) atoms. The smallest absolute Gasteiger partial charge is 0.127 e. The summed E-state index contributed by atoms with van der Waals surface area (Å²) in [7, 11) is 2.05. The molecule has 2 aromatic rings. The molecule has 0 aromatic heterocycles. The molecule has 0 fully saturated rings. The van der Waals surface area contributed by atoms with E-state index in [-0.39, 0.29) is 11.9 Å². The molecule has 0 amide bonds. The van der Waals surface area contributed by atoms with Crippen LogP contribution in [0.25, 0.3) is 0 Å². The Balaban J connectivity index is 1.85. The molecular weight excluding hydrogens is 331 g/mol. The van der Waals surface area contributed by atoms with E-state index in [0.29, 0.717) is 5.56 Å². The summed E-state index contributed by atoms with van der Waals surface area (Å²) in [5.74, 6) is -0.222. The molecule has 0 bridgehead atoms. The zero-order valence-corrected chi connectivity index (χ0v) is 13.7. The van der Waals surface area contributed by atoms with E-state index in [2.05, 4.69) is 40.0 Å². The van der Waals surface area contributed by atoms with Gasteiger partial charge in [-0.15, -0.1) is 0 Å². The first kappa shape index (κ1) is 16.1. The molecule has 0 radical (unpaired) electrons. The zero-order valence-electron chi connectivity index (χ0n) is 12.1. The molecule has 0 heterocycles. The Morgan fingerprint density at radius 3 is 2.48 bits per heavy atom. The van der Waals surface area contributed by atoms with E-state index < -0.39 is 0 Å². The van der Waals surface area contributed by atoms with Gasteiger partial charge in [-0.1, -0.05) is 46.3 Å². The molecule has 2 aromatic carbocycles. The molecule has 0 saturated heterocycles. The number of nitrogens with zero attached hydrogens (tertiary/aromatic N) is 1. The van der Waals surface area contributed by atoms with Crippen LogP contribution >= 0.6 is 15.9 Å². The summed E-state index contributed by atoms with van der Waals surface area (Å²) in [5.41, 5.74) is 7.93. The van der Waals surface area contributed by atoms with Crippen molar-refractivity contribution < 1.29 is 4.39 Å². The Labute approximate surface area is 133 Å². The van der Waals surface area contributed by atoms with Crippen molar-refractivity contribution in [1.29, 1.82) is 0 Å². The van der Waals surface area contributed by atoms with Gasteiger partial charge in [0.2, 0.25) is 0 Å². The second kappa shape index (κ2) is 7.69. The highest BCUT2D eigenvalue weighted by Crippen LogP contribution is 2.18. The Morgan fingerprint density at radius 1 is 1.14 bits per heavy atom. The van der Waals surface area contributed by atoms with Gasteiger partial charge in [0.25, 0.3) is 0 Å². The molecular formula is C17H20BrFN2. The number of hydrogen-bond donors (Lipinski definition) is 1. The monoisotopic (exact) mass is 350 g/mol. The lowest BCUT2D eigenvalue weighted by atomic mass is 10.0. The fraction of sp³-hybridized carbons (Fsp3) is 0.294. The van der Waals surface area contributed by atoms with E-state index in [9.17, 15) is 4.39 Å². The van der Waals surface area contributed by atoms with Gasteiger partial charge in [-0.2, -0.15) is 0 Å². The highest BCUT2D eigenvalue weighted by molar-refractivity contribution is 9.10. The standard InChI is InChI=1S/C17H20BrFN2/c1-21(12-13-6-8-14(18)9-7-13)11-10-17(20)15-4-2-3-5-16(15)19/h2-9,17H,10-12,20H2,1H3. The van der Waals surface area contributed by atoms with Crippen LogP contribution in [0.5, 0.6) is 0 Å². The van der Waals surface area contributed by atoms with Gasteiger partial charge in [0, 0.05) is 22.6 Å². The second-order valence-corrected chi connectivity index (χ2v) is 6.20. The minimum absolute atomic E-state index is 0.222. The van der Waals surface area contributed by atoms with Crippen molar-refractivity contribution in [3.05, 3.63) is 69.9 Å². The number of hydrogen-bond acceptors (Lipinski definition) is 2. The van der Waals surface area contributed by atoms with Gasteiger partial charge in [0.05, 0.1) is 0 Å². The fourth-order valence-corrected chi connectivity index (χ4v) is 2.54. The van der Waals surface area contributed by atoms with Crippen LogP contribution in [-0.4, -0.2) is 18.5 Å². The minimum atomic E-state index is -0.265. The molecule has 112 valence electrons. The van der Waals surface area contributed by atoms with Gasteiger partial charge in [-0.3, -0.25) is 0 Å². The maximum atomic E-state index is 13.7. The number of nitrogens with two attached hydrogens (primary N) is 1. The van der Waals surface area contributed by atoms with E-state index in [0.717, 1.165) is 24.0 Å². The summed E-state index contributed by atoms with van der Waals surface area (Å²) in [6, 6.07) is 14.7. The summed E-state index contributed by atoms with van der Waals surface area (Å²) in [5, 5.41) is 0. The number of rotatable bonds is 6. The number of halogens is 2. The minimum Gasteiger partial charge on any atom is -0.324 e. The first-order valence-electron chi connectivity index (χ1n) is 6.99. The molecule has 2 N–H and O–H groups in total. The highest BCUT2D eigenvalue weighted by atomic mass is 79.9. The molecule has 0 spiro atoms. The second-order valence-electron chi connectivity index (χ2n) is 5.28. The SMILES string of the molecule is CN(CCC(N)c1ccccc1F)Cc1ccc(Br)cc1. The van der Waals surface area contributed by atoms with Crippen molar-refractivity contribution >= 4 is 15.9 Å². The van der Waals surface area contributed by atoms with Crippen molar-refractivity contribution in [2.45, 2.75) is 19.0 Å². The first-order valence-corrected chi connectivity index (χ1v) is 7.78. The van der Waals surface area contributed by atoms with E-state index in [1.54, 1.807) is 12.1 Å². The average molecular weight is 351 g/mol. The van der Waals surface area contributed by atoms with Crippen LogP contribution in [0.1, 0.15) is 23.6 Å². The Morgan fingerprint density at radius 2 is 1.81 bits per heavy atom. The van der Waals surface area contributed by atoms with E-state index in [4.69, 9.17) is 5.73 Å². The third-order valence-electron chi connectivity index (χ3n) is 3.49. The first-order chi connectivity index (χ1) is 10.1. The molecule has 0 aliphatic carbocycles. The van der Waals surface area contributed by atoms with Crippen molar-refractivity contribution in [1.82, 2.24) is 4.90 Å². The third-order valence-corrected chi connectivity index (χ3v) is 4.02. The fourth-order valence-electron chi connectivity index (χ4n) is 2.27. The average Bonchev–Trinajstić information content (AvgIpc) is 2.48. The van der Waals surface area contributed by atoms with Crippen LogP contribution < -0.4 is 5.73 Å². The van der Waals surface area contributed by atoms with Crippen LogP contribution in [0.15, 0.2) is 53.0 Å². The van der Waals surface area contributed by atoms with E-state index in [1.165, 1.54) is 11.6 Å². The van der Waals surface area contributed by atoms with Gasteiger partial charge in [-0.25, -0.2) is 4.39 Å². The van der Waals surface area contributed by atoms with Crippen LogP contribution in [0.2, 0.25) is 0 Å². The molecule has 1 atom stereocenters. The van der Waals surface area contributed by atoms with Crippen molar-refractivity contribution in [3.8, 4) is 0 Å². The highest BCUT2D eigenvalue weighted by Gasteiger charge is 2.11. The van der Waals surface area contributed by atoms with Gasteiger partial charge in [0.1, 0.15) is 5.82 Å². The van der Waals surface area contributed by atoms with Gasteiger partial charge >= 0.3 is 0 Å². The Hall–Kier alpha value is -1.23. The lowest BCUT2D eigenvalue weighted by molar-refractivity contribution is 0.310. The molecule has 0 aliphatic rings. The van der Waals surface area contributed by atoms with Crippen molar-refractivity contribution in [3.63, 3.8) is 0 Å². The van der Waals surface area contributed by atoms with Crippen LogP contribution in [0, 0.1) is 5.82 Å². The van der Waals surface area contributed by atoms with E-state index >= 15 is 0 Å². The van der Waals surface area contributed by atoms with Crippen LogP contribution in [-0.2, 0) is 6.54 Å². The van der Waals surface area contributed by atoms with Crippen LogP contribution in [0.3, 0.4) is 0 Å². The predicted molar refractivity (Wildman–Crippen MR) is 88.4 cm³/mol. The third kappa shape index (κ3) is 4.92. The lowest BCUT2D eigenvalue weighted by Crippen LogP contribution is -2.23. The van der Waals surface area contributed by atoms with Gasteiger partial charge in [-0.05, 0) is 43.8 Å². The lowest BCUT2D eigenvalue weighted by Gasteiger charge is -2.20. The maximum absolute atomic E-state index is 13.7. The van der Waals surface area contributed by atoms with Gasteiger partial charge < -0.3 is 10.6 Å². The Kier molecular flexibility index (Phi) is 5.91. The normalized spacial score (nSPS) is 12.6. The quantitative estimate of drug-likeness (QED) is 0.849. The summed E-state index contributed by atoms with van der Waals surface area (Å²) in [6.45, 7) is 1.68. The Bertz CT molecular complexity index is 571. The maximum Gasteiger partial charge on any atom is 0.127 e. The molecule has 4 heteroatoms. The molecule has 2 rings (SSSR count). The predicted octanol–water partition coefficient (Wildman–Crippen LogP) is 4.11. The summed E-state index contributed by atoms with van der Waals surface area (Å²) in [4.78, 5) is 2.20. The summed E-state index contributed by atoms with van der Waals surface area (Å²) in [6.07, 6.45) is 0.730. The molecule has 2 nitrogen and oxygen atoms in total. The summed E-state index contributed by atoms with van der Waals surface area (Å²) >= 11 is 3.43. The molecule has 1 unspecified atom stereocenters. The summed E-state index contributed by atoms with van der Waals surface area (Å²) < 4.78 is 14.7. The number of benzene rings is 2. The van der Waals surface area contributed by atoms with Crippen molar-refractivity contribution in [2.24, 2.45) is 5.73 Å². The van der Waals surface area contributed by atoms with Gasteiger partial charge in [0.15, 0.2) is 0 Å². The topological polar surface area (TPSA) is 29.3 Å². The molecule has 0 saturated carbocycles.